The van der Waals surface area contributed by atoms with Crippen molar-refractivity contribution in [3.05, 3.63) is 47.7 Å². The molecule has 2 aromatic rings. The van der Waals surface area contributed by atoms with Gasteiger partial charge < -0.3 is 5.32 Å². The van der Waals surface area contributed by atoms with Crippen molar-refractivity contribution in [2.75, 3.05) is 25.2 Å². The number of anilines is 1. The quantitative estimate of drug-likeness (QED) is 0.834. The van der Waals surface area contributed by atoms with Gasteiger partial charge in [-0.25, -0.2) is 13.1 Å². The summed E-state index contributed by atoms with van der Waals surface area (Å²) in [5.41, 5.74) is 1.73. The Labute approximate surface area is 155 Å². The first kappa shape index (κ1) is 20.1. The number of sulfonamides is 1. The number of hydrogen-bond acceptors (Lipinski definition) is 4. The molecule has 0 aliphatic rings. The van der Waals surface area contributed by atoms with Crippen LogP contribution in [-0.4, -0.2) is 48.3 Å². The van der Waals surface area contributed by atoms with Crippen molar-refractivity contribution in [1.82, 2.24) is 14.1 Å². The van der Waals surface area contributed by atoms with E-state index in [9.17, 15) is 13.2 Å². The Bertz CT molecular complexity index is 868. The largest absolute Gasteiger partial charge is 0.310 e. The molecule has 7 nitrogen and oxygen atoms in total. The molecule has 0 saturated heterocycles. The molecule has 0 spiro atoms. The fraction of sp³-hybridized carbons (Fsp3) is 0.444. The van der Waals surface area contributed by atoms with Gasteiger partial charge in [0.05, 0.1) is 25.0 Å². The minimum atomic E-state index is -3.42. The van der Waals surface area contributed by atoms with Crippen LogP contribution in [0.5, 0.6) is 0 Å². The minimum absolute atomic E-state index is 0.176. The van der Waals surface area contributed by atoms with E-state index in [1.807, 2.05) is 57.2 Å². The molecule has 0 saturated carbocycles. The maximum atomic E-state index is 12.3. The normalized spacial score (nSPS) is 12.4. The van der Waals surface area contributed by atoms with Crippen LogP contribution in [0.3, 0.4) is 0 Å². The van der Waals surface area contributed by atoms with E-state index in [0.29, 0.717) is 12.4 Å². The molecule has 0 bridgehead atoms. The lowest BCUT2D eigenvalue weighted by molar-refractivity contribution is -0.116. The molecule has 2 rings (SSSR count). The Kier molecular flexibility index (Phi) is 5.87. The van der Waals surface area contributed by atoms with E-state index in [2.05, 4.69) is 10.4 Å². The summed E-state index contributed by atoms with van der Waals surface area (Å²) in [5, 5.41) is 7.41. The third-order valence-electron chi connectivity index (χ3n) is 3.92. The second kappa shape index (κ2) is 7.59. The molecular formula is C18H26N4O3S. The van der Waals surface area contributed by atoms with Crippen LogP contribution < -0.4 is 5.32 Å². The van der Waals surface area contributed by atoms with Crippen molar-refractivity contribution >= 4 is 21.7 Å². The Balaban J connectivity index is 2.25. The van der Waals surface area contributed by atoms with Crippen LogP contribution in [0.4, 0.5) is 5.82 Å². The van der Waals surface area contributed by atoms with E-state index < -0.39 is 15.9 Å². The van der Waals surface area contributed by atoms with Gasteiger partial charge in [-0.3, -0.25) is 4.79 Å². The van der Waals surface area contributed by atoms with Gasteiger partial charge in [0.1, 0.15) is 5.82 Å². The number of carbonyl (C=O) groups excluding carboxylic acids is 1. The lowest BCUT2D eigenvalue weighted by Crippen LogP contribution is -2.34. The summed E-state index contributed by atoms with van der Waals surface area (Å²) in [7, 11) is -2.05. The van der Waals surface area contributed by atoms with Gasteiger partial charge in [-0.15, -0.1) is 0 Å². The van der Waals surface area contributed by atoms with Gasteiger partial charge in [-0.05, 0) is 5.56 Å². The third-order valence-corrected chi connectivity index (χ3v) is 5.18. The Hall–Kier alpha value is -2.19. The van der Waals surface area contributed by atoms with E-state index in [0.717, 1.165) is 21.8 Å². The molecule has 0 aliphatic heterocycles. The first-order valence-electron chi connectivity index (χ1n) is 8.30. The molecule has 26 heavy (non-hydrogen) atoms. The van der Waals surface area contributed by atoms with E-state index in [4.69, 9.17) is 0 Å². The summed E-state index contributed by atoms with van der Waals surface area (Å²) in [6, 6.07) is 11.6. The zero-order valence-electron chi connectivity index (χ0n) is 15.9. The average Bonchev–Trinajstić information content (AvgIpc) is 2.90. The molecule has 0 atom stereocenters. The zero-order valence-corrected chi connectivity index (χ0v) is 16.7. The smallest absolute Gasteiger partial charge is 0.240 e. The summed E-state index contributed by atoms with van der Waals surface area (Å²) in [6.45, 7) is 6.40. The Morgan fingerprint density at radius 1 is 1.23 bits per heavy atom. The highest BCUT2D eigenvalue weighted by atomic mass is 32.2. The topological polar surface area (TPSA) is 84.3 Å². The predicted molar refractivity (Wildman–Crippen MR) is 103 cm³/mol. The van der Waals surface area contributed by atoms with Gasteiger partial charge in [-0.2, -0.15) is 9.40 Å². The number of benzene rings is 1. The van der Waals surface area contributed by atoms with Crippen molar-refractivity contribution in [2.45, 2.75) is 32.7 Å². The standard InChI is InChI=1S/C18H26N4O3S/c1-18(2,3)15-11-16(19-17(23)13-21(4)26(5,24)25)22(20-15)12-14-9-7-6-8-10-14/h6-11H,12-13H2,1-5H3,(H,19,23). The summed E-state index contributed by atoms with van der Waals surface area (Å²) in [4.78, 5) is 12.3. The third kappa shape index (κ3) is 5.40. The van der Waals surface area contributed by atoms with E-state index >= 15 is 0 Å². The van der Waals surface area contributed by atoms with Gasteiger partial charge in [-0.1, -0.05) is 51.1 Å². The number of carbonyl (C=O) groups is 1. The van der Waals surface area contributed by atoms with Gasteiger partial charge in [0.15, 0.2) is 0 Å². The molecule has 0 fully saturated rings. The summed E-state index contributed by atoms with van der Waals surface area (Å²) in [6.07, 6.45) is 1.07. The van der Waals surface area contributed by atoms with Crippen LogP contribution in [0.1, 0.15) is 32.0 Å². The number of nitrogens with zero attached hydrogens (tertiary/aromatic N) is 3. The van der Waals surface area contributed by atoms with Crippen LogP contribution in [0, 0.1) is 0 Å². The molecule has 1 amide bonds. The highest BCUT2D eigenvalue weighted by Gasteiger charge is 2.22. The van der Waals surface area contributed by atoms with Gasteiger partial charge in [0.2, 0.25) is 15.9 Å². The number of amides is 1. The summed E-state index contributed by atoms with van der Waals surface area (Å²) in [5.74, 6) is 0.137. The van der Waals surface area contributed by atoms with E-state index in [1.165, 1.54) is 7.05 Å². The van der Waals surface area contributed by atoms with Gasteiger partial charge in [0.25, 0.3) is 0 Å². The number of aromatic nitrogens is 2. The Morgan fingerprint density at radius 2 is 1.85 bits per heavy atom. The molecule has 0 radical (unpaired) electrons. The van der Waals surface area contributed by atoms with Gasteiger partial charge >= 0.3 is 0 Å². The van der Waals surface area contributed by atoms with Crippen molar-refractivity contribution < 1.29 is 13.2 Å². The molecular weight excluding hydrogens is 352 g/mol. The zero-order chi connectivity index (χ0) is 19.5. The molecule has 1 aromatic heterocycles. The van der Waals surface area contributed by atoms with Crippen LogP contribution >= 0.6 is 0 Å². The summed E-state index contributed by atoms with van der Waals surface area (Å²) >= 11 is 0. The monoisotopic (exact) mass is 378 g/mol. The van der Waals surface area contributed by atoms with Crippen LogP contribution in [0.2, 0.25) is 0 Å². The second-order valence-corrected chi connectivity index (χ2v) is 9.46. The first-order chi connectivity index (χ1) is 12.0. The predicted octanol–water partition coefficient (Wildman–Crippen LogP) is 2.06. The Morgan fingerprint density at radius 3 is 2.38 bits per heavy atom. The number of likely N-dealkylation sites (N-methyl/N-ethyl adjacent to an activating group) is 1. The molecule has 1 aromatic carbocycles. The fourth-order valence-electron chi connectivity index (χ4n) is 2.26. The van der Waals surface area contributed by atoms with Crippen molar-refractivity contribution in [2.24, 2.45) is 0 Å². The SMILES string of the molecule is CN(CC(=O)Nc1cc(C(C)(C)C)nn1Cc1ccccc1)S(C)(=O)=O. The highest BCUT2D eigenvalue weighted by Crippen LogP contribution is 2.24. The van der Waals surface area contributed by atoms with Crippen molar-refractivity contribution in [3.8, 4) is 0 Å². The minimum Gasteiger partial charge on any atom is -0.310 e. The number of nitrogens with one attached hydrogen (secondary N) is 1. The maximum Gasteiger partial charge on any atom is 0.240 e. The lowest BCUT2D eigenvalue weighted by Gasteiger charge is -2.14. The number of rotatable bonds is 6. The average molecular weight is 378 g/mol. The molecule has 0 aliphatic carbocycles. The molecule has 1 heterocycles. The van der Waals surface area contributed by atoms with Crippen molar-refractivity contribution in [3.63, 3.8) is 0 Å². The van der Waals surface area contributed by atoms with E-state index in [1.54, 1.807) is 4.68 Å². The second-order valence-electron chi connectivity index (χ2n) is 7.38. The summed E-state index contributed by atoms with van der Waals surface area (Å²) < 4.78 is 25.7. The van der Waals surface area contributed by atoms with E-state index in [-0.39, 0.29) is 12.0 Å². The molecule has 0 unspecified atom stereocenters. The fourth-order valence-corrected chi connectivity index (χ4v) is 2.61. The molecule has 1 N–H and O–H groups in total. The van der Waals surface area contributed by atoms with Crippen LogP contribution in [0.15, 0.2) is 36.4 Å². The van der Waals surface area contributed by atoms with Crippen molar-refractivity contribution in [1.29, 1.82) is 0 Å². The highest BCUT2D eigenvalue weighted by molar-refractivity contribution is 7.88. The number of hydrogen-bond donors (Lipinski definition) is 1. The van der Waals surface area contributed by atoms with Crippen LogP contribution in [-0.2, 0) is 26.8 Å². The molecule has 142 valence electrons. The van der Waals surface area contributed by atoms with Gasteiger partial charge in [0, 0.05) is 18.5 Å². The molecule has 8 heteroatoms. The lowest BCUT2D eigenvalue weighted by atomic mass is 9.92. The van der Waals surface area contributed by atoms with Crippen LogP contribution in [0.25, 0.3) is 0 Å². The maximum absolute atomic E-state index is 12.3. The first-order valence-corrected chi connectivity index (χ1v) is 10.1.